The quantitative estimate of drug-likeness (QED) is 0.357. The second kappa shape index (κ2) is 8.78. The van der Waals surface area contributed by atoms with Crippen LogP contribution in [0.15, 0.2) is 60.7 Å². The summed E-state index contributed by atoms with van der Waals surface area (Å²) in [6.45, 7) is 0.301. The van der Waals surface area contributed by atoms with E-state index in [2.05, 4.69) is 9.97 Å². The Morgan fingerprint density at radius 1 is 0.833 bits per heavy atom. The van der Waals surface area contributed by atoms with E-state index in [1.54, 1.807) is 32.4 Å². The van der Waals surface area contributed by atoms with E-state index in [1.165, 1.54) is 0 Å². The normalized spacial score (nSPS) is 10.8. The highest BCUT2D eigenvalue weighted by molar-refractivity contribution is 6.36. The third kappa shape index (κ3) is 4.13. The lowest BCUT2D eigenvalue weighted by Gasteiger charge is -2.13. The Balaban J connectivity index is 1.71. The van der Waals surface area contributed by atoms with Crippen molar-refractivity contribution in [3.8, 4) is 28.8 Å². The predicted molar refractivity (Wildman–Crippen MR) is 119 cm³/mol. The average molecular weight is 441 g/mol. The molecule has 0 saturated heterocycles. The minimum Gasteiger partial charge on any atom is -0.493 e. The Labute approximate surface area is 184 Å². The Morgan fingerprint density at radius 3 is 2.40 bits per heavy atom. The van der Waals surface area contributed by atoms with Crippen LogP contribution in [0.25, 0.3) is 22.3 Å². The summed E-state index contributed by atoms with van der Waals surface area (Å²) in [5.74, 6) is 2.24. The number of halogens is 2. The number of ether oxygens (including phenoxy) is 3. The lowest BCUT2D eigenvalue weighted by molar-refractivity contribution is 0.296. The van der Waals surface area contributed by atoms with Crippen LogP contribution in [0.4, 0.5) is 0 Å². The molecule has 152 valence electrons. The molecule has 4 aromatic rings. The summed E-state index contributed by atoms with van der Waals surface area (Å²) >= 11 is 12.4. The summed E-state index contributed by atoms with van der Waals surface area (Å²) in [4.78, 5) is 9.28. The molecule has 0 N–H and O–H groups in total. The van der Waals surface area contributed by atoms with Crippen molar-refractivity contribution in [2.24, 2.45) is 0 Å². The molecular weight excluding hydrogens is 423 g/mol. The van der Waals surface area contributed by atoms with Crippen LogP contribution in [0.5, 0.6) is 17.4 Å². The van der Waals surface area contributed by atoms with Crippen molar-refractivity contribution in [2.75, 3.05) is 14.2 Å². The number of benzene rings is 3. The summed E-state index contributed by atoms with van der Waals surface area (Å²) in [6.07, 6.45) is 0. The zero-order valence-electron chi connectivity index (χ0n) is 16.4. The molecule has 1 aromatic heterocycles. The van der Waals surface area contributed by atoms with E-state index in [0.29, 0.717) is 45.4 Å². The summed E-state index contributed by atoms with van der Waals surface area (Å²) in [5.41, 5.74) is 2.36. The number of para-hydroxylation sites is 1. The number of fused-ring (bicyclic) bond motifs is 1. The minimum absolute atomic E-state index is 0.301. The minimum atomic E-state index is 0.301. The first-order valence-electron chi connectivity index (χ1n) is 9.15. The van der Waals surface area contributed by atoms with Crippen molar-refractivity contribution in [2.45, 2.75) is 6.61 Å². The largest absolute Gasteiger partial charge is 0.493 e. The fourth-order valence-corrected chi connectivity index (χ4v) is 3.56. The molecule has 0 aliphatic heterocycles. The molecule has 0 spiro atoms. The Morgan fingerprint density at radius 2 is 1.63 bits per heavy atom. The fourth-order valence-electron chi connectivity index (χ4n) is 3.07. The second-order valence-electron chi connectivity index (χ2n) is 6.47. The molecule has 0 atom stereocenters. The smallest absolute Gasteiger partial charge is 0.225 e. The van der Waals surface area contributed by atoms with E-state index in [1.807, 2.05) is 42.5 Å². The van der Waals surface area contributed by atoms with E-state index >= 15 is 0 Å². The average Bonchev–Trinajstić information content (AvgIpc) is 2.77. The molecule has 0 aliphatic rings. The molecule has 0 unspecified atom stereocenters. The first-order chi connectivity index (χ1) is 14.6. The van der Waals surface area contributed by atoms with Gasteiger partial charge in [-0.2, -0.15) is 4.98 Å². The van der Waals surface area contributed by atoms with E-state index in [4.69, 9.17) is 37.4 Å². The van der Waals surface area contributed by atoms with Crippen LogP contribution in [0, 0.1) is 0 Å². The van der Waals surface area contributed by atoms with E-state index in [9.17, 15) is 0 Å². The first-order valence-corrected chi connectivity index (χ1v) is 9.90. The van der Waals surface area contributed by atoms with Gasteiger partial charge in [0.25, 0.3) is 0 Å². The van der Waals surface area contributed by atoms with Gasteiger partial charge in [0.15, 0.2) is 17.3 Å². The van der Waals surface area contributed by atoms with Gasteiger partial charge in [0.05, 0.1) is 30.1 Å². The van der Waals surface area contributed by atoms with Crippen LogP contribution in [-0.4, -0.2) is 24.2 Å². The molecule has 30 heavy (non-hydrogen) atoms. The molecule has 0 bridgehead atoms. The first kappa shape index (κ1) is 20.3. The molecule has 0 saturated carbocycles. The number of aromatic nitrogens is 2. The standard InChI is InChI=1S/C23H18Cl2N2O3/c1-28-20-10-7-14(11-21(20)29-2)13-30-23-17-5-3-4-6-19(17)26-22(27-23)16-9-8-15(24)12-18(16)25/h3-12H,13H2,1-2H3. The maximum absolute atomic E-state index is 6.37. The monoisotopic (exact) mass is 440 g/mol. The molecule has 4 rings (SSSR count). The summed E-state index contributed by atoms with van der Waals surface area (Å²) in [6, 6.07) is 18.5. The van der Waals surface area contributed by atoms with Crippen LogP contribution < -0.4 is 14.2 Å². The van der Waals surface area contributed by atoms with Crippen LogP contribution >= 0.6 is 23.2 Å². The summed E-state index contributed by atoms with van der Waals surface area (Å²) in [7, 11) is 3.20. The van der Waals surface area contributed by atoms with Gasteiger partial charge in [0.1, 0.15) is 6.61 Å². The lowest BCUT2D eigenvalue weighted by atomic mass is 10.2. The van der Waals surface area contributed by atoms with Gasteiger partial charge in [-0.3, -0.25) is 0 Å². The van der Waals surface area contributed by atoms with Gasteiger partial charge < -0.3 is 14.2 Å². The number of hydrogen-bond donors (Lipinski definition) is 0. The van der Waals surface area contributed by atoms with Gasteiger partial charge >= 0.3 is 0 Å². The van der Waals surface area contributed by atoms with Crippen LogP contribution in [0.1, 0.15) is 5.56 Å². The molecular formula is C23H18Cl2N2O3. The molecule has 0 aliphatic carbocycles. The lowest BCUT2D eigenvalue weighted by Crippen LogP contribution is -2.02. The number of nitrogens with zero attached hydrogens (tertiary/aromatic N) is 2. The Kier molecular flexibility index (Phi) is 5.93. The number of methoxy groups -OCH3 is 2. The van der Waals surface area contributed by atoms with Gasteiger partial charge in [-0.1, -0.05) is 41.4 Å². The van der Waals surface area contributed by atoms with Crippen LogP contribution in [-0.2, 0) is 6.61 Å². The zero-order valence-corrected chi connectivity index (χ0v) is 17.9. The molecule has 0 fully saturated rings. The van der Waals surface area contributed by atoms with Gasteiger partial charge in [-0.25, -0.2) is 4.98 Å². The Bertz CT molecular complexity index is 1210. The summed E-state index contributed by atoms with van der Waals surface area (Å²) in [5, 5.41) is 1.84. The molecule has 3 aromatic carbocycles. The predicted octanol–water partition coefficient (Wildman–Crippen LogP) is 6.20. The molecule has 7 heteroatoms. The maximum Gasteiger partial charge on any atom is 0.225 e. The van der Waals surface area contributed by atoms with E-state index in [0.717, 1.165) is 16.5 Å². The van der Waals surface area contributed by atoms with Crippen LogP contribution in [0.3, 0.4) is 0 Å². The Hall–Kier alpha value is -3.02. The SMILES string of the molecule is COc1ccc(COc2nc(-c3ccc(Cl)cc3Cl)nc3ccccc23)cc1OC. The summed E-state index contributed by atoms with van der Waals surface area (Å²) < 4.78 is 16.7. The molecule has 1 heterocycles. The molecule has 0 radical (unpaired) electrons. The second-order valence-corrected chi connectivity index (χ2v) is 7.32. The zero-order chi connectivity index (χ0) is 21.1. The van der Waals surface area contributed by atoms with Gasteiger partial charge in [0, 0.05) is 10.6 Å². The van der Waals surface area contributed by atoms with E-state index in [-0.39, 0.29) is 0 Å². The van der Waals surface area contributed by atoms with Crippen molar-refractivity contribution in [3.63, 3.8) is 0 Å². The topological polar surface area (TPSA) is 53.5 Å². The number of rotatable bonds is 6. The molecule has 5 nitrogen and oxygen atoms in total. The van der Waals surface area contributed by atoms with Crippen molar-refractivity contribution in [1.82, 2.24) is 9.97 Å². The maximum atomic E-state index is 6.37. The van der Waals surface area contributed by atoms with Crippen LogP contribution in [0.2, 0.25) is 10.0 Å². The highest BCUT2D eigenvalue weighted by atomic mass is 35.5. The third-order valence-corrected chi connectivity index (χ3v) is 5.11. The van der Waals surface area contributed by atoms with Crippen molar-refractivity contribution >= 4 is 34.1 Å². The van der Waals surface area contributed by atoms with Crippen molar-refractivity contribution < 1.29 is 14.2 Å². The van der Waals surface area contributed by atoms with Crippen molar-refractivity contribution in [3.05, 3.63) is 76.3 Å². The highest BCUT2D eigenvalue weighted by Crippen LogP contribution is 2.33. The van der Waals surface area contributed by atoms with Crippen molar-refractivity contribution in [1.29, 1.82) is 0 Å². The molecule has 0 amide bonds. The van der Waals surface area contributed by atoms with Gasteiger partial charge in [0.2, 0.25) is 5.88 Å². The number of hydrogen-bond acceptors (Lipinski definition) is 5. The van der Waals surface area contributed by atoms with Gasteiger partial charge in [-0.05, 0) is 48.0 Å². The highest BCUT2D eigenvalue weighted by Gasteiger charge is 2.14. The third-order valence-electron chi connectivity index (χ3n) is 4.56. The van der Waals surface area contributed by atoms with E-state index < -0.39 is 0 Å². The van der Waals surface area contributed by atoms with Gasteiger partial charge in [-0.15, -0.1) is 0 Å². The fraction of sp³-hybridized carbons (Fsp3) is 0.130.